The highest BCUT2D eigenvalue weighted by Crippen LogP contribution is 2.07. The summed E-state index contributed by atoms with van der Waals surface area (Å²) < 4.78 is 1.58. The second kappa shape index (κ2) is 3.20. The molecule has 0 N–H and O–H groups in total. The molecule has 4 heteroatoms. The lowest BCUT2D eigenvalue weighted by atomic mass is 9.98. The molecule has 0 radical (unpaired) electrons. The van der Waals surface area contributed by atoms with Gasteiger partial charge in [-0.05, 0) is 18.2 Å². The average Bonchev–Trinajstić information content (AvgIpc) is 2.29. The van der Waals surface area contributed by atoms with Crippen molar-refractivity contribution in [2.24, 2.45) is 0 Å². The molecule has 0 saturated heterocycles. The standard InChI is InChI=1S/C12H9BN2O/c13-8-5-6-15-11(7-8)14-10-4-2-1-3-9(10)12(15)16/h1-7H,13H2. The maximum Gasteiger partial charge on any atom is 0.265 e. The maximum absolute atomic E-state index is 12.1. The fourth-order valence-electron chi connectivity index (χ4n) is 1.85. The van der Waals surface area contributed by atoms with Crippen LogP contribution in [0.15, 0.2) is 47.4 Å². The van der Waals surface area contributed by atoms with Crippen molar-refractivity contribution in [3.05, 3.63) is 52.9 Å². The van der Waals surface area contributed by atoms with Gasteiger partial charge in [-0.25, -0.2) is 4.98 Å². The van der Waals surface area contributed by atoms with E-state index in [4.69, 9.17) is 0 Å². The lowest BCUT2D eigenvalue weighted by Gasteiger charge is -2.03. The number of rotatable bonds is 0. The quantitative estimate of drug-likeness (QED) is 0.388. The molecule has 2 heterocycles. The average molecular weight is 208 g/mol. The predicted molar refractivity (Wildman–Crippen MR) is 67.1 cm³/mol. The van der Waals surface area contributed by atoms with E-state index < -0.39 is 0 Å². The van der Waals surface area contributed by atoms with Gasteiger partial charge in [0.25, 0.3) is 5.56 Å². The SMILES string of the molecule is Bc1ccn2c(=O)c3ccccc3nc2c1. The minimum atomic E-state index is -0.0133. The zero-order valence-electron chi connectivity index (χ0n) is 8.84. The number of benzene rings is 1. The Labute approximate surface area is 92.8 Å². The van der Waals surface area contributed by atoms with Crippen molar-refractivity contribution in [3.8, 4) is 0 Å². The van der Waals surface area contributed by atoms with E-state index in [0.717, 1.165) is 11.0 Å². The fraction of sp³-hybridized carbons (Fsp3) is 0. The van der Waals surface area contributed by atoms with Crippen molar-refractivity contribution in [2.75, 3.05) is 0 Å². The van der Waals surface area contributed by atoms with Gasteiger partial charge in [-0.3, -0.25) is 9.20 Å². The molecule has 0 bridgehead atoms. The Morgan fingerprint density at radius 2 is 2.00 bits per heavy atom. The maximum atomic E-state index is 12.1. The Balaban J connectivity index is 2.61. The number of para-hydroxylation sites is 1. The van der Waals surface area contributed by atoms with Crippen LogP contribution in [0.2, 0.25) is 0 Å². The Morgan fingerprint density at radius 3 is 2.88 bits per heavy atom. The number of hydrogen-bond acceptors (Lipinski definition) is 2. The molecule has 1 aromatic carbocycles. The minimum Gasteiger partial charge on any atom is -0.268 e. The van der Waals surface area contributed by atoms with Gasteiger partial charge in [0, 0.05) is 6.20 Å². The van der Waals surface area contributed by atoms with Crippen LogP contribution >= 0.6 is 0 Å². The number of aromatic nitrogens is 2. The summed E-state index contributed by atoms with van der Waals surface area (Å²) in [7, 11) is 1.99. The molecule has 0 fully saturated rings. The van der Waals surface area contributed by atoms with E-state index >= 15 is 0 Å². The highest BCUT2D eigenvalue weighted by atomic mass is 16.1. The zero-order valence-corrected chi connectivity index (χ0v) is 8.84. The Kier molecular flexibility index (Phi) is 1.83. The van der Waals surface area contributed by atoms with Gasteiger partial charge in [-0.1, -0.05) is 23.7 Å². The Morgan fingerprint density at radius 1 is 1.19 bits per heavy atom. The topological polar surface area (TPSA) is 34.4 Å². The third-order valence-corrected chi connectivity index (χ3v) is 2.68. The lowest BCUT2D eigenvalue weighted by Crippen LogP contribution is -2.17. The summed E-state index contributed by atoms with van der Waals surface area (Å²) in [5, 5.41) is 0.656. The van der Waals surface area contributed by atoms with Gasteiger partial charge in [0.2, 0.25) is 0 Å². The van der Waals surface area contributed by atoms with Crippen LogP contribution in [-0.4, -0.2) is 17.2 Å². The molecule has 0 amide bonds. The molecule has 2 aromatic heterocycles. The second-order valence-electron chi connectivity index (χ2n) is 3.87. The van der Waals surface area contributed by atoms with E-state index in [2.05, 4.69) is 4.98 Å². The van der Waals surface area contributed by atoms with E-state index in [1.54, 1.807) is 16.7 Å². The number of fused-ring (bicyclic) bond motifs is 2. The van der Waals surface area contributed by atoms with E-state index in [1.807, 2.05) is 38.2 Å². The van der Waals surface area contributed by atoms with Gasteiger partial charge < -0.3 is 0 Å². The van der Waals surface area contributed by atoms with Crippen molar-refractivity contribution >= 4 is 29.9 Å². The van der Waals surface area contributed by atoms with Gasteiger partial charge in [0.1, 0.15) is 13.5 Å². The van der Waals surface area contributed by atoms with Crippen LogP contribution < -0.4 is 11.0 Å². The molecular weight excluding hydrogens is 199 g/mol. The van der Waals surface area contributed by atoms with Gasteiger partial charge in [0.15, 0.2) is 0 Å². The molecule has 0 saturated carbocycles. The molecule has 0 aliphatic carbocycles. The Hall–Kier alpha value is -2.10. The molecule has 0 atom stereocenters. The van der Waals surface area contributed by atoms with E-state index in [0.29, 0.717) is 11.0 Å². The van der Waals surface area contributed by atoms with E-state index in [9.17, 15) is 4.79 Å². The number of nitrogens with zero attached hydrogens (tertiary/aromatic N) is 2. The summed E-state index contributed by atoms with van der Waals surface area (Å²) in [6.07, 6.45) is 1.77. The van der Waals surface area contributed by atoms with E-state index in [1.165, 1.54) is 0 Å². The van der Waals surface area contributed by atoms with Crippen molar-refractivity contribution in [3.63, 3.8) is 0 Å². The zero-order chi connectivity index (χ0) is 11.1. The third-order valence-electron chi connectivity index (χ3n) is 2.68. The summed E-state index contributed by atoms with van der Waals surface area (Å²) in [5.74, 6) is 0. The van der Waals surface area contributed by atoms with Crippen LogP contribution in [0, 0.1) is 0 Å². The molecule has 3 aromatic rings. The van der Waals surface area contributed by atoms with Crippen molar-refractivity contribution in [1.29, 1.82) is 0 Å². The molecule has 0 spiro atoms. The number of pyridine rings is 1. The van der Waals surface area contributed by atoms with Crippen molar-refractivity contribution in [2.45, 2.75) is 0 Å². The smallest absolute Gasteiger partial charge is 0.265 e. The van der Waals surface area contributed by atoms with Crippen LogP contribution in [0.3, 0.4) is 0 Å². The Bertz CT molecular complexity index is 749. The van der Waals surface area contributed by atoms with Gasteiger partial charge in [-0.15, -0.1) is 0 Å². The number of hydrogen-bond donors (Lipinski definition) is 0. The van der Waals surface area contributed by atoms with Crippen molar-refractivity contribution in [1.82, 2.24) is 9.38 Å². The van der Waals surface area contributed by atoms with Gasteiger partial charge in [0.05, 0.1) is 10.9 Å². The fourth-order valence-corrected chi connectivity index (χ4v) is 1.85. The summed E-state index contributed by atoms with van der Waals surface area (Å²) in [4.78, 5) is 16.6. The van der Waals surface area contributed by atoms with Gasteiger partial charge >= 0.3 is 0 Å². The van der Waals surface area contributed by atoms with Crippen LogP contribution in [0.4, 0.5) is 0 Å². The first-order chi connectivity index (χ1) is 7.75. The van der Waals surface area contributed by atoms with Crippen LogP contribution in [-0.2, 0) is 0 Å². The largest absolute Gasteiger partial charge is 0.268 e. The summed E-state index contributed by atoms with van der Waals surface area (Å²) in [5.41, 5.74) is 2.53. The third kappa shape index (κ3) is 1.23. The molecule has 0 aliphatic rings. The second-order valence-corrected chi connectivity index (χ2v) is 3.87. The predicted octanol–water partition coefficient (Wildman–Crippen LogP) is 0.106. The lowest BCUT2D eigenvalue weighted by molar-refractivity contribution is 1.08. The molecule has 3 rings (SSSR count). The summed E-state index contributed by atoms with van der Waals surface area (Å²) in [6.45, 7) is 0. The molecule has 0 unspecified atom stereocenters. The first-order valence-electron chi connectivity index (χ1n) is 5.13. The molecular formula is C12H9BN2O. The van der Waals surface area contributed by atoms with Crippen LogP contribution in [0.5, 0.6) is 0 Å². The monoisotopic (exact) mass is 208 g/mol. The van der Waals surface area contributed by atoms with E-state index in [-0.39, 0.29) is 5.56 Å². The normalized spacial score (nSPS) is 11.0. The summed E-state index contributed by atoms with van der Waals surface area (Å²) in [6, 6.07) is 11.2. The first kappa shape index (κ1) is 9.15. The molecule has 76 valence electrons. The van der Waals surface area contributed by atoms with Gasteiger partial charge in [-0.2, -0.15) is 0 Å². The first-order valence-corrected chi connectivity index (χ1v) is 5.13. The summed E-state index contributed by atoms with van der Waals surface area (Å²) >= 11 is 0. The highest BCUT2D eigenvalue weighted by molar-refractivity contribution is 6.32. The van der Waals surface area contributed by atoms with Crippen LogP contribution in [0.1, 0.15) is 0 Å². The minimum absolute atomic E-state index is 0.0133. The highest BCUT2D eigenvalue weighted by Gasteiger charge is 2.03. The van der Waals surface area contributed by atoms with Crippen molar-refractivity contribution < 1.29 is 0 Å². The van der Waals surface area contributed by atoms with Crippen LogP contribution in [0.25, 0.3) is 16.6 Å². The molecule has 16 heavy (non-hydrogen) atoms. The molecule has 0 aliphatic heterocycles. The molecule has 3 nitrogen and oxygen atoms in total.